The minimum atomic E-state index is 0.435. The molecule has 3 rings (SSSR count). The highest BCUT2D eigenvalue weighted by atomic mass is 32.1. The lowest BCUT2D eigenvalue weighted by Crippen LogP contribution is -1.98. The number of nitrogens with one attached hydrogen (secondary N) is 2. The van der Waals surface area contributed by atoms with Crippen LogP contribution < -0.4 is 5.32 Å². The van der Waals surface area contributed by atoms with Crippen molar-refractivity contribution in [1.29, 1.82) is 0 Å². The van der Waals surface area contributed by atoms with E-state index in [-0.39, 0.29) is 0 Å². The van der Waals surface area contributed by atoms with Crippen molar-refractivity contribution in [3.8, 4) is 5.69 Å². The van der Waals surface area contributed by atoms with Gasteiger partial charge in [-0.2, -0.15) is 4.98 Å². The maximum absolute atomic E-state index is 5.21. The fourth-order valence-electron chi connectivity index (χ4n) is 1.61. The molecule has 6 nitrogen and oxygen atoms in total. The quantitative estimate of drug-likeness (QED) is 0.715. The van der Waals surface area contributed by atoms with Crippen LogP contribution >= 0.6 is 12.2 Å². The second-order valence-electron chi connectivity index (χ2n) is 3.74. The van der Waals surface area contributed by atoms with E-state index in [9.17, 15) is 0 Å². The molecule has 2 N–H and O–H groups in total. The number of pyridine rings is 2. The van der Waals surface area contributed by atoms with Crippen LogP contribution in [0, 0.1) is 4.77 Å². The number of nitrogens with zero attached hydrogens (tertiary/aromatic N) is 4. The molecule has 0 aromatic carbocycles. The highest BCUT2D eigenvalue weighted by molar-refractivity contribution is 7.71. The van der Waals surface area contributed by atoms with Crippen LogP contribution in [0.4, 0.5) is 11.8 Å². The van der Waals surface area contributed by atoms with E-state index in [1.54, 1.807) is 23.3 Å². The Hall–Kier alpha value is -2.54. The highest BCUT2D eigenvalue weighted by Gasteiger charge is 2.04. The summed E-state index contributed by atoms with van der Waals surface area (Å²) in [6, 6.07) is 9.28. The van der Waals surface area contributed by atoms with E-state index < -0.39 is 0 Å². The zero-order chi connectivity index (χ0) is 13.1. The predicted molar refractivity (Wildman–Crippen MR) is 74.1 cm³/mol. The second kappa shape index (κ2) is 4.99. The summed E-state index contributed by atoms with van der Waals surface area (Å²) in [5, 5.41) is 6.12. The summed E-state index contributed by atoms with van der Waals surface area (Å²) in [4.78, 5) is 12.4. The molecule has 0 aliphatic rings. The molecule has 0 amide bonds. The van der Waals surface area contributed by atoms with E-state index in [2.05, 4.69) is 25.4 Å². The van der Waals surface area contributed by atoms with Crippen LogP contribution in [-0.2, 0) is 0 Å². The Morgan fingerprint density at radius 2 is 1.95 bits per heavy atom. The van der Waals surface area contributed by atoms with Crippen LogP contribution in [0.25, 0.3) is 5.69 Å². The van der Waals surface area contributed by atoms with Gasteiger partial charge in [-0.15, -0.1) is 0 Å². The number of anilines is 2. The standard InChI is InChI=1S/C12H10N6S/c19-12-16-11(15-10-3-1-2-6-14-10)17-18(12)9-4-7-13-8-5-9/h1-8H,(H2,14,15,16,17,19). The van der Waals surface area contributed by atoms with Gasteiger partial charge < -0.3 is 5.32 Å². The number of aromatic nitrogens is 5. The predicted octanol–water partition coefficient (Wildman–Crippen LogP) is 2.46. The molecule has 3 heterocycles. The number of rotatable bonds is 3. The van der Waals surface area contributed by atoms with Crippen molar-refractivity contribution >= 4 is 24.0 Å². The van der Waals surface area contributed by atoms with E-state index in [1.807, 2.05) is 30.3 Å². The van der Waals surface area contributed by atoms with Gasteiger partial charge in [0.05, 0.1) is 5.69 Å². The Morgan fingerprint density at radius 1 is 1.11 bits per heavy atom. The van der Waals surface area contributed by atoms with E-state index >= 15 is 0 Å². The monoisotopic (exact) mass is 270 g/mol. The van der Waals surface area contributed by atoms with Gasteiger partial charge in [0.1, 0.15) is 5.82 Å². The summed E-state index contributed by atoms with van der Waals surface area (Å²) < 4.78 is 2.13. The average Bonchev–Trinajstić information content (AvgIpc) is 2.82. The SMILES string of the molecule is S=c1nc(Nc2ccccn2)[nH]n1-c1ccncc1. The third kappa shape index (κ3) is 2.50. The van der Waals surface area contributed by atoms with Gasteiger partial charge in [-0.1, -0.05) is 6.07 Å². The fourth-order valence-corrected chi connectivity index (χ4v) is 1.85. The van der Waals surface area contributed by atoms with Gasteiger partial charge >= 0.3 is 0 Å². The molecule has 0 radical (unpaired) electrons. The lowest BCUT2D eigenvalue weighted by Gasteiger charge is -2.01. The minimum absolute atomic E-state index is 0.435. The fraction of sp³-hybridized carbons (Fsp3) is 0. The summed E-state index contributed by atoms with van der Waals surface area (Å²) in [5.41, 5.74) is 0.876. The van der Waals surface area contributed by atoms with E-state index in [4.69, 9.17) is 12.2 Å². The Balaban J connectivity index is 1.92. The molecular weight excluding hydrogens is 260 g/mol. The first-order valence-corrected chi connectivity index (χ1v) is 6.01. The van der Waals surface area contributed by atoms with Crippen molar-refractivity contribution in [3.05, 3.63) is 53.7 Å². The lowest BCUT2D eigenvalue weighted by molar-refractivity contribution is 0.865. The van der Waals surface area contributed by atoms with Gasteiger partial charge in [-0.25, -0.2) is 9.67 Å². The lowest BCUT2D eigenvalue weighted by atomic mass is 10.4. The summed E-state index contributed by atoms with van der Waals surface area (Å²) in [5.74, 6) is 1.24. The normalized spacial score (nSPS) is 10.3. The first-order chi connectivity index (χ1) is 9.33. The van der Waals surface area contributed by atoms with Crippen molar-refractivity contribution in [1.82, 2.24) is 24.7 Å². The molecule has 0 aliphatic heterocycles. The topological polar surface area (TPSA) is 71.4 Å². The zero-order valence-electron chi connectivity index (χ0n) is 9.82. The van der Waals surface area contributed by atoms with Gasteiger partial charge in [-0.3, -0.25) is 10.1 Å². The molecular formula is C12H10N6S. The maximum atomic E-state index is 5.21. The number of aromatic amines is 1. The largest absolute Gasteiger partial charge is 0.309 e. The molecule has 0 bridgehead atoms. The molecule has 0 unspecified atom stereocenters. The van der Waals surface area contributed by atoms with Crippen molar-refractivity contribution in [2.75, 3.05) is 5.32 Å². The molecule has 0 fully saturated rings. The average molecular weight is 270 g/mol. The molecule has 0 atom stereocenters. The summed E-state index contributed by atoms with van der Waals surface area (Å²) in [7, 11) is 0. The van der Waals surface area contributed by atoms with Gasteiger partial charge in [0, 0.05) is 18.6 Å². The molecule has 0 saturated carbocycles. The Kier molecular flexibility index (Phi) is 3.03. The van der Waals surface area contributed by atoms with Crippen molar-refractivity contribution in [3.63, 3.8) is 0 Å². The molecule has 0 saturated heterocycles. The van der Waals surface area contributed by atoms with Crippen LogP contribution in [-0.4, -0.2) is 24.7 Å². The molecule has 3 aromatic rings. The summed E-state index contributed by atoms with van der Waals surface area (Å²) >= 11 is 5.21. The van der Waals surface area contributed by atoms with E-state index in [0.29, 0.717) is 16.5 Å². The first-order valence-electron chi connectivity index (χ1n) is 5.60. The smallest absolute Gasteiger partial charge is 0.224 e. The van der Waals surface area contributed by atoms with E-state index in [1.165, 1.54) is 0 Å². The summed E-state index contributed by atoms with van der Waals surface area (Å²) in [6.45, 7) is 0. The molecule has 94 valence electrons. The van der Waals surface area contributed by atoms with Crippen LogP contribution in [0.1, 0.15) is 0 Å². The second-order valence-corrected chi connectivity index (χ2v) is 4.10. The third-order valence-corrected chi connectivity index (χ3v) is 2.72. The van der Waals surface area contributed by atoms with Gasteiger partial charge in [0.25, 0.3) is 0 Å². The van der Waals surface area contributed by atoms with Gasteiger partial charge in [0.15, 0.2) is 0 Å². The minimum Gasteiger partial charge on any atom is -0.309 e. The van der Waals surface area contributed by atoms with Gasteiger partial charge in [-0.05, 0) is 36.5 Å². The molecule has 0 spiro atoms. The number of hydrogen-bond donors (Lipinski definition) is 2. The Labute approximate surface area is 114 Å². The van der Waals surface area contributed by atoms with Crippen LogP contribution in [0.3, 0.4) is 0 Å². The van der Waals surface area contributed by atoms with E-state index in [0.717, 1.165) is 5.69 Å². The van der Waals surface area contributed by atoms with Crippen molar-refractivity contribution < 1.29 is 0 Å². The van der Waals surface area contributed by atoms with Crippen LogP contribution in [0.5, 0.6) is 0 Å². The van der Waals surface area contributed by atoms with Crippen LogP contribution in [0.2, 0.25) is 0 Å². The molecule has 3 aromatic heterocycles. The zero-order valence-corrected chi connectivity index (χ0v) is 10.6. The maximum Gasteiger partial charge on any atom is 0.224 e. The Bertz CT molecular complexity index is 719. The molecule has 7 heteroatoms. The summed E-state index contributed by atoms with van der Waals surface area (Å²) in [6.07, 6.45) is 5.10. The molecule has 19 heavy (non-hydrogen) atoms. The number of H-pyrrole nitrogens is 1. The number of hydrogen-bond acceptors (Lipinski definition) is 5. The highest BCUT2D eigenvalue weighted by Crippen LogP contribution is 2.11. The molecule has 0 aliphatic carbocycles. The van der Waals surface area contributed by atoms with Gasteiger partial charge in [0.2, 0.25) is 10.7 Å². The van der Waals surface area contributed by atoms with Crippen molar-refractivity contribution in [2.45, 2.75) is 0 Å². The first kappa shape index (κ1) is 11.5. The Morgan fingerprint density at radius 3 is 2.68 bits per heavy atom. The van der Waals surface area contributed by atoms with Crippen LogP contribution in [0.15, 0.2) is 48.9 Å². The third-order valence-electron chi connectivity index (χ3n) is 2.45. The van der Waals surface area contributed by atoms with Crippen molar-refractivity contribution in [2.24, 2.45) is 0 Å².